The van der Waals surface area contributed by atoms with Gasteiger partial charge in [-0.2, -0.15) is 0 Å². The molecule has 2 heterocycles. The highest BCUT2D eigenvalue weighted by Gasteiger charge is 2.11. The molecule has 0 spiro atoms. The van der Waals surface area contributed by atoms with Crippen LogP contribution in [-0.2, 0) is 13.0 Å². The lowest BCUT2D eigenvalue weighted by atomic mass is 10.3. The standard InChI is InChI=1S/C15H16BrN3S/c1-2-3-15-18-12-8-10(17)4-6-13(12)19(15)9-11-5-7-14(16)20-11/h4-8H,2-3,9,17H2,1H3. The number of nitrogens with zero attached hydrogens (tertiary/aromatic N) is 2. The summed E-state index contributed by atoms with van der Waals surface area (Å²) in [6, 6.07) is 10.2. The van der Waals surface area contributed by atoms with E-state index < -0.39 is 0 Å². The Morgan fingerprint density at radius 2 is 2.15 bits per heavy atom. The first kappa shape index (κ1) is 13.6. The van der Waals surface area contributed by atoms with Gasteiger partial charge in [0.15, 0.2) is 0 Å². The fourth-order valence-corrected chi connectivity index (χ4v) is 3.85. The van der Waals surface area contributed by atoms with E-state index in [-0.39, 0.29) is 0 Å². The fraction of sp³-hybridized carbons (Fsp3) is 0.267. The Bertz CT molecular complexity index is 745. The van der Waals surface area contributed by atoms with Crippen molar-refractivity contribution in [3.63, 3.8) is 0 Å². The van der Waals surface area contributed by atoms with Crippen molar-refractivity contribution in [2.24, 2.45) is 0 Å². The van der Waals surface area contributed by atoms with E-state index in [2.05, 4.69) is 45.6 Å². The Hall–Kier alpha value is -1.33. The number of aryl methyl sites for hydroxylation is 1. The Kier molecular flexibility index (Phi) is 3.81. The quantitative estimate of drug-likeness (QED) is 0.707. The second kappa shape index (κ2) is 5.58. The zero-order valence-electron chi connectivity index (χ0n) is 11.3. The van der Waals surface area contributed by atoms with Gasteiger partial charge in [-0.15, -0.1) is 11.3 Å². The molecule has 0 aliphatic heterocycles. The lowest BCUT2D eigenvalue weighted by Gasteiger charge is -2.07. The molecule has 20 heavy (non-hydrogen) atoms. The molecule has 0 saturated heterocycles. The first-order valence-corrected chi connectivity index (χ1v) is 8.27. The predicted octanol–water partition coefficient (Wildman–Crippen LogP) is 4.44. The van der Waals surface area contributed by atoms with Crippen molar-refractivity contribution >= 4 is 44.0 Å². The summed E-state index contributed by atoms with van der Waals surface area (Å²) in [5, 5.41) is 0. The van der Waals surface area contributed by atoms with E-state index in [4.69, 9.17) is 10.7 Å². The highest BCUT2D eigenvalue weighted by atomic mass is 79.9. The van der Waals surface area contributed by atoms with Crippen molar-refractivity contribution in [3.8, 4) is 0 Å². The summed E-state index contributed by atoms with van der Waals surface area (Å²) in [6.45, 7) is 3.05. The first-order valence-electron chi connectivity index (χ1n) is 6.66. The van der Waals surface area contributed by atoms with Gasteiger partial charge in [-0.1, -0.05) is 6.92 Å². The van der Waals surface area contributed by atoms with Gasteiger partial charge < -0.3 is 10.3 Å². The van der Waals surface area contributed by atoms with Gasteiger partial charge in [0.25, 0.3) is 0 Å². The number of hydrogen-bond donors (Lipinski definition) is 1. The molecule has 104 valence electrons. The van der Waals surface area contributed by atoms with Crippen LogP contribution in [0.5, 0.6) is 0 Å². The maximum atomic E-state index is 5.86. The number of rotatable bonds is 4. The van der Waals surface area contributed by atoms with Crippen LogP contribution in [0.25, 0.3) is 11.0 Å². The number of thiophene rings is 1. The number of benzene rings is 1. The zero-order chi connectivity index (χ0) is 14.1. The Morgan fingerprint density at radius 3 is 2.85 bits per heavy atom. The average molecular weight is 350 g/mol. The zero-order valence-corrected chi connectivity index (χ0v) is 13.7. The number of hydrogen-bond acceptors (Lipinski definition) is 3. The molecule has 0 radical (unpaired) electrons. The lowest BCUT2D eigenvalue weighted by molar-refractivity contribution is 0.728. The molecule has 2 aromatic heterocycles. The number of halogens is 1. The smallest absolute Gasteiger partial charge is 0.110 e. The van der Waals surface area contributed by atoms with Crippen LogP contribution in [0.4, 0.5) is 5.69 Å². The van der Waals surface area contributed by atoms with Crippen LogP contribution in [0.15, 0.2) is 34.1 Å². The van der Waals surface area contributed by atoms with Gasteiger partial charge in [-0.05, 0) is 52.7 Å². The summed E-state index contributed by atoms with van der Waals surface area (Å²) in [5.41, 5.74) is 8.78. The largest absolute Gasteiger partial charge is 0.399 e. The molecule has 0 saturated carbocycles. The number of fused-ring (bicyclic) bond motifs is 1. The number of imidazole rings is 1. The Balaban J connectivity index is 2.08. The maximum Gasteiger partial charge on any atom is 0.110 e. The third-order valence-electron chi connectivity index (χ3n) is 3.27. The van der Waals surface area contributed by atoms with E-state index in [1.165, 1.54) is 8.66 Å². The third-order valence-corrected chi connectivity index (χ3v) is 4.88. The molecule has 3 nitrogen and oxygen atoms in total. The molecule has 1 aromatic carbocycles. The topological polar surface area (TPSA) is 43.8 Å². The van der Waals surface area contributed by atoms with E-state index in [1.807, 2.05) is 12.1 Å². The van der Waals surface area contributed by atoms with E-state index in [1.54, 1.807) is 11.3 Å². The molecule has 3 aromatic rings. The Morgan fingerprint density at radius 1 is 1.30 bits per heavy atom. The monoisotopic (exact) mass is 349 g/mol. The number of nitrogen functional groups attached to an aromatic ring is 1. The van der Waals surface area contributed by atoms with Crippen molar-refractivity contribution in [3.05, 3.63) is 44.8 Å². The van der Waals surface area contributed by atoms with Crippen LogP contribution in [0.3, 0.4) is 0 Å². The van der Waals surface area contributed by atoms with E-state index in [0.717, 1.165) is 41.9 Å². The highest BCUT2D eigenvalue weighted by Crippen LogP contribution is 2.26. The second-order valence-corrected chi connectivity index (χ2v) is 7.37. The summed E-state index contributed by atoms with van der Waals surface area (Å²) in [7, 11) is 0. The number of anilines is 1. The van der Waals surface area contributed by atoms with E-state index >= 15 is 0 Å². The molecular weight excluding hydrogens is 334 g/mol. The minimum Gasteiger partial charge on any atom is -0.399 e. The number of nitrogens with two attached hydrogens (primary N) is 1. The van der Waals surface area contributed by atoms with E-state index in [0.29, 0.717) is 0 Å². The summed E-state index contributed by atoms with van der Waals surface area (Å²) in [6.07, 6.45) is 2.08. The number of aromatic nitrogens is 2. The molecule has 0 aliphatic carbocycles. The first-order chi connectivity index (χ1) is 9.67. The van der Waals surface area contributed by atoms with Gasteiger partial charge in [0.2, 0.25) is 0 Å². The molecule has 0 atom stereocenters. The van der Waals surface area contributed by atoms with Crippen LogP contribution in [0.2, 0.25) is 0 Å². The molecular formula is C15H16BrN3S. The van der Waals surface area contributed by atoms with Gasteiger partial charge in [0.1, 0.15) is 5.82 Å². The SMILES string of the molecule is CCCc1nc2cc(N)ccc2n1Cc1ccc(Br)s1. The Labute approximate surface area is 130 Å². The molecule has 5 heteroatoms. The van der Waals surface area contributed by atoms with E-state index in [9.17, 15) is 0 Å². The van der Waals surface area contributed by atoms with Crippen molar-refractivity contribution in [1.82, 2.24) is 9.55 Å². The lowest BCUT2D eigenvalue weighted by Crippen LogP contribution is -2.03. The molecule has 2 N–H and O–H groups in total. The van der Waals surface area contributed by atoms with Gasteiger partial charge in [-0.25, -0.2) is 4.98 Å². The summed E-state index contributed by atoms with van der Waals surface area (Å²) < 4.78 is 3.47. The van der Waals surface area contributed by atoms with Gasteiger partial charge in [0.05, 0.1) is 21.4 Å². The maximum absolute atomic E-state index is 5.86. The minimum absolute atomic E-state index is 0.768. The molecule has 0 aliphatic rings. The summed E-state index contributed by atoms with van der Waals surface area (Å²) in [5.74, 6) is 1.14. The van der Waals surface area contributed by atoms with Gasteiger partial charge in [0, 0.05) is 17.0 Å². The van der Waals surface area contributed by atoms with Crippen molar-refractivity contribution < 1.29 is 0 Å². The summed E-state index contributed by atoms with van der Waals surface area (Å²) >= 11 is 5.29. The molecule has 0 bridgehead atoms. The molecule has 0 fully saturated rings. The van der Waals surface area contributed by atoms with Crippen LogP contribution >= 0.6 is 27.3 Å². The summed E-state index contributed by atoms with van der Waals surface area (Å²) in [4.78, 5) is 6.07. The second-order valence-electron chi connectivity index (χ2n) is 4.82. The van der Waals surface area contributed by atoms with Crippen LogP contribution in [0.1, 0.15) is 24.0 Å². The average Bonchev–Trinajstić information content (AvgIpc) is 2.95. The predicted molar refractivity (Wildman–Crippen MR) is 89.3 cm³/mol. The third kappa shape index (κ3) is 2.60. The van der Waals surface area contributed by atoms with Gasteiger partial charge in [-0.3, -0.25) is 0 Å². The van der Waals surface area contributed by atoms with Gasteiger partial charge >= 0.3 is 0 Å². The van der Waals surface area contributed by atoms with Crippen molar-refractivity contribution in [1.29, 1.82) is 0 Å². The fourth-order valence-electron chi connectivity index (χ4n) is 2.38. The van der Waals surface area contributed by atoms with Crippen molar-refractivity contribution in [2.45, 2.75) is 26.3 Å². The van der Waals surface area contributed by atoms with Crippen molar-refractivity contribution in [2.75, 3.05) is 5.73 Å². The molecule has 0 amide bonds. The highest BCUT2D eigenvalue weighted by molar-refractivity contribution is 9.11. The molecule has 0 unspecified atom stereocenters. The minimum atomic E-state index is 0.768. The van der Waals surface area contributed by atoms with Crippen LogP contribution < -0.4 is 5.73 Å². The normalized spacial score (nSPS) is 11.3. The van der Waals surface area contributed by atoms with Crippen LogP contribution in [-0.4, -0.2) is 9.55 Å². The molecule has 3 rings (SSSR count). The van der Waals surface area contributed by atoms with Crippen LogP contribution in [0, 0.1) is 0 Å².